The Bertz CT molecular complexity index is 953. The highest BCUT2D eigenvalue weighted by atomic mass is 16.5. The van der Waals surface area contributed by atoms with Crippen LogP contribution >= 0.6 is 0 Å². The van der Waals surface area contributed by atoms with Crippen molar-refractivity contribution in [3.05, 3.63) is 65.0 Å². The lowest BCUT2D eigenvalue weighted by atomic mass is 9.89. The lowest BCUT2D eigenvalue weighted by Crippen LogP contribution is -2.41. The molecule has 3 rings (SSSR count). The Balaban J connectivity index is 1.94. The number of benzene rings is 1. The van der Waals surface area contributed by atoms with E-state index in [1.54, 1.807) is 6.92 Å². The monoisotopic (exact) mass is 379 g/mol. The van der Waals surface area contributed by atoms with E-state index < -0.39 is 11.5 Å². The number of pyridine rings is 1. The summed E-state index contributed by atoms with van der Waals surface area (Å²) in [5.41, 5.74) is 0.364. The number of aldehydes is 1. The largest absolute Gasteiger partial charge is 0.457 e. The number of hydrogen-bond donors (Lipinski definition) is 1. The molecule has 7 heteroatoms. The van der Waals surface area contributed by atoms with E-state index in [1.807, 2.05) is 44.2 Å². The first kappa shape index (κ1) is 19.4. The third-order valence-corrected chi connectivity index (χ3v) is 4.86. The number of aromatic nitrogens is 1. The fourth-order valence-electron chi connectivity index (χ4n) is 2.74. The Morgan fingerprint density at radius 3 is 2.61 bits per heavy atom. The van der Waals surface area contributed by atoms with Crippen LogP contribution in [0.1, 0.15) is 52.7 Å². The minimum absolute atomic E-state index is 0.0484. The van der Waals surface area contributed by atoms with Crippen molar-refractivity contribution in [1.82, 2.24) is 10.3 Å². The van der Waals surface area contributed by atoms with E-state index in [1.165, 1.54) is 12.3 Å². The van der Waals surface area contributed by atoms with Gasteiger partial charge in [-0.05, 0) is 24.5 Å². The van der Waals surface area contributed by atoms with E-state index >= 15 is 0 Å². The molecule has 7 nitrogen and oxygen atoms in total. The molecule has 28 heavy (non-hydrogen) atoms. The molecule has 0 spiro atoms. The third kappa shape index (κ3) is 3.69. The van der Waals surface area contributed by atoms with Crippen LogP contribution in [0.2, 0.25) is 0 Å². The molecule has 2 aromatic rings. The van der Waals surface area contributed by atoms with Crippen LogP contribution in [0, 0.1) is 5.92 Å². The maximum atomic E-state index is 12.7. The Labute approximate surface area is 162 Å². The summed E-state index contributed by atoms with van der Waals surface area (Å²) in [6.07, 6.45) is 1.92. The average molecular weight is 379 g/mol. The average Bonchev–Trinajstić information content (AvgIpc) is 3.02. The lowest BCUT2D eigenvalue weighted by molar-refractivity contribution is -0.124. The summed E-state index contributed by atoms with van der Waals surface area (Å²) in [6.45, 7) is 5.59. The molecule has 1 aromatic heterocycles. The molecule has 0 saturated heterocycles. The summed E-state index contributed by atoms with van der Waals surface area (Å²) in [5.74, 6) is -0.759. The van der Waals surface area contributed by atoms with Crippen molar-refractivity contribution in [3.8, 4) is 0 Å². The molecule has 1 unspecified atom stereocenters. The molecule has 144 valence electrons. The zero-order valence-electron chi connectivity index (χ0n) is 15.9. The van der Waals surface area contributed by atoms with Gasteiger partial charge in [0.05, 0.1) is 5.56 Å². The quantitative estimate of drug-likeness (QED) is 0.614. The number of esters is 1. The number of amidine groups is 1. The molecule has 1 N–H and O–H groups in total. The van der Waals surface area contributed by atoms with Crippen LogP contribution in [0.25, 0.3) is 0 Å². The number of nitrogens with zero attached hydrogens (tertiary/aromatic N) is 2. The van der Waals surface area contributed by atoms with Crippen molar-refractivity contribution >= 4 is 24.0 Å². The second-order valence-electron chi connectivity index (χ2n) is 7.06. The summed E-state index contributed by atoms with van der Waals surface area (Å²) in [5, 5.41) is 2.70. The second kappa shape index (κ2) is 7.72. The predicted octanol–water partition coefficient (Wildman–Crippen LogP) is 2.54. The van der Waals surface area contributed by atoms with Gasteiger partial charge in [-0.15, -0.1) is 0 Å². The van der Waals surface area contributed by atoms with Gasteiger partial charge in [0.2, 0.25) is 0 Å². The summed E-state index contributed by atoms with van der Waals surface area (Å²) in [4.78, 5) is 44.9. The van der Waals surface area contributed by atoms with Crippen LogP contribution in [-0.2, 0) is 16.1 Å². The fraction of sp³-hybridized carbons (Fsp3) is 0.286. The van der Waals surface area contributed by atoms with Gasteiger partial charge in [0.1, 0.15) is 17.8 Å². The normalized spacial score (nSPS) is 18.6. The minimum Gasteiger partial charge on any atom is -0.457 e. The first-order valence-electron chi connectivity index (χ1n) is 8.93. The number of nitrogens with one attached hydrogen (secondary N) is 1. The number of hydrogen-bond acceptors (Lipinski definition) is 6. The molecule has 0 saturated carbocycles. The van der Waals surface area contributed by atoms with Gasteiger partial charge in [-0.2, -0.15) is 0 Å². The van der Waals surface area contributed by atoms with Crippen LogP contribution < -0.4 is 5.32 Å². The fourth-order valence-corrected chi connectivity index (χ4v) is 2.74. The molecule has 1 atom stereocenters. The zero-order chi connectivity index (χ0) is 20.3. The number of aliphatic imine (C=N–C) groups is 1. The molecule has 0 radical (unpaired) electrons. The molecule has 2 heterocycles. The molecule has 1 aliphatic heterocycles. The number of carbonyl (C=O) groups excluding carboxylic acids is 3. The standard InChI is InChI=1S/C21H21N3O4/c1-13(2)21(3)20(27)23-18(24-21)17-16(9-15(11-25)10-22-17)19(26)28-12-14-7-5-4-6-8-14/h4-11,13H,12H2,1-3H3,(H,23,24,27). The molecule has 1 amide bonds. The van der Waals surface area contributed by atoms with E-state index in [-0.39, 0.29) is 41.1 Å². The SMILES string of the molecule is CC(C)C1(C)N=C(c2ncc(C=O)cc2C(=O)OCc2ccccc2)NC1=O. The van der Waals surface area contributed by atoms with Gasteiger partial charge in [-0.1, -0.05) is 44.2 Å². The molecule has 1 aromatic carbocycles. The highest BCUT2D eigenvalue weighted by Gasteiger charge is 2.43. The molecule has 1 aliphatic rings. The van der Waals surface area contributed by atoms with Gasteiger partial charge in [-0.25, -0.2) is 9.79 Å². The highest BCUT2D eigenvalue weighted by molar-refractivity contribution is 6.17. The molecule has 0 bridgehead atoms. The van der Waals surface area contributed by atoms with Gasteiger partial charge in [0.15, 0.2) is 12.1 Å². The van der Waals surface area contributed by atoms with E-state index in [2.05, 4.69) is 15.3 Å². The van der Waals surface area contributed by atoms with Crippen LogP contribution in [0.4, 0.5) is 0 Å². The van der Waals surface area contributed by atoms with E-state index in [0.29, 0.717) is 6.29 Å². The maximum Gasteiger partial charge on any atom is 0.340 e. The van der Waals surface area contributed by atoms with E-state index in [0.717, 1.165) is 5.56 Å². The summed E-state index contributed by atoms with van der Waals surface area (Å²) >= 11 is 0. The number of rotatable bonds is 6. The Hall–Kier alpha value is -3.35. The summed E-state index contributed by atoms with van der Waals surface area (Å²) in [6, 6.07) is 10.6. The third-order valence-electron chi connectivity index (χ3n) is 4.86. The summed E-state index contributed by atoms with van der Waals surface area (Å²) < 4.78 is 5.38. The molecule has 0 aliphatic carbocycles. The Kier molecular flexibility index (Phi) is 5.35. The molecular weight excluding hydrogens is 358 g/mol. The topological polar surface area (TPSA) is 97.7 Å². The lowest BCUT2D eigenvalue weighted by Gasteiger charge is -2.21. The van der Waals surface area contributed by atoms with Gasteiger partial charge in [0.25, 0.3) is 5.91 Å². The zero-order valence-corrected chi connectivity index (χ0v) is 15.9. The van der Waals surface area contributed by atoms with E-state index in [9.17, 15) is 14.4 Å². The van der Waals surface area contributed by atoms with Gasteiger partial charge in [0, 0.05) is 11.8 Å². The molecule has 0 fully saturated rings. The van der Waals surface area contributed by atoms with Crippen molar-refractivity contribution < 1.29 is 19.1 Å². The smallest absolute Gasteiger partial charge is 0.340 e. The second-order valence-corrected chi connectivity index (χ2v) is 7.06. The van der Waals surface area contributed by atoms with Crippen molar-refractivity contribution in [3.63, 3.8) is 0 Å². The predicted molar refractivity (Wildman–Crippen MR) is 103 cm³/mol. The highest BCUT2D eigenvalue weighted by Crippen LogP contribution is 2.27. The van der Waals surface area contributed by atoms with Crippen LogP contribution in [0.5, 0.6) is 0 Å². The first-order chi connectivity index (χ1) is 13.3. The van der Waals surface area contributed by atoms with Crippen molar-refractivity contribution in [2.75, 3.05) is 0 Å². The van der Waals surface area contributed by atoms with Crippen molar-refractivity contribution in [2.24, 2.45) is 10.9 Å². The van der Waals surface area contributed by atoms with Crippen LogP contribution in [0.15, 0.2) is 47.6 Å². The Morgan fingerprint density at radius 2 is 2.00 bits per heavy atom. The minimum atomic E-state index is -0.953. The van der Waals surface area contributed by atoms with Gasteiger partial charge in [-0.3, -0.25) is 14.6 Å². The van der Waals surface area contributed by atoms with Crippen molar-refractivity contribution in [1.29, 1.82) is 0 Å². The van der Waals surface area contributed by atoms with Crippen LogP contribution in [-0.4, -0.2) is 34.5 Å². The number of amides is 1. The number of carbonyl (C=O) groups is 3. The van der Waals surface area contributed by atoms with E-state index in [4.69, 9.17) is 4.74 Å². The van der Waals surface area contributed by atoms with Gasteiger partial charge >= 0.3 is 5.97 Å². The first-order valence-corrected chi connectivity index (χ1v) is 8.93. The number of ether oxygens (including phenoxy) is 1. The molecular formula is C21H21N3O4. The Morgan fingerprint density at radius 1 is 1.29 bits per heavy atom. The summed E-state index contributed by atoms with van der Waals surface area (Å²) in [7, 11) is 0. The maximum absolute atomic E-state index is 12.7. The van der Waals surface area contributed by atoms with Gasteiger partial charge < -0.3 is 10.1 Å². The van der Waals surface area contributed by atoms with Crippen molar-refractivity contribution in [2.45, 2.75) is 32.9 Å². The van der Waals surface area contributed by atoms with Crippen LogP contribution in [0.3, 0.4) is 0 Å².